The quantitative estimate of drug-likeness (QED) is 0.285. The van der Waals surface area contributed by atoms with Crippen LogP contribution in [0.15, 0.2) is 0 Å². The molecule has 0 aromatic carbocycles. The van der Waals surface area contributed by atoms with Gasteiger partial charge >= 0.3 is 26.7 Å². The summed E-state index contributed by atoms with van der Waals surface area (Å²) in [5.41, 5.74) is 0. The summed E-state index contributed by atoms with van der Waals surface area (Å²) < 4.78 is 8.88. The molecule has 0 amide bonds. The van der Waals surface area contributed by atoms with Crippen LogP contribution >= 0.6 is 7.82 Å². The van der Waals surface area contributed by atoms with Crippen LogP contribution in [0.5, 0.6) is 0 Å². The molecule has 0 saturated carbocycles. The van der Waals surface area contributed by atoms with Gasteiger partial charge in [-0.2, -0.15) is 0 Å². The molecule has 0 aromatic rings. The Morgan fingerprint density at radius 1 is 1.25 bits per heavy atom. The van der Waals surface area contributed by atoms with E-state index < -0.39 is 7.82 Å². The fourth-order valence-corrected chi connectivity index (χ4v) is 0. The van der Waals surface area contributed by atoms with Crippen LogP contribution in [-0.4, -0.2) is 14.7 Å². The second-order valence-corrected chi connectivity index (χ2v) is 1.54. The molecule has 0 heterocycles. The van der Waals surface area contributed by atoms with E-state index in [2.05, 4.69) is 0 Å². The molecule has 0 saturated heterocycles. The largest absolute Gasteiger partial charge is 1.00 e. The van der Waals surface area contributed by atoms with Crippen LogP contribution < -0.4 is 18.9 Å². The van der Waals surface area contributed by atoms with E-state index in [9.17, 15) is 0 Å². The van der Waals surface area contributed by atoms with Crippen molar-refractivity contribution in [2.75, 3.05) is 0 Å². The zero-order valence-electron chi connectivity index (χ0n) is 4.96. The first-order valence-corrected chi connectivity index (χ1v) is 2.35. The van der Waals surface area contributed by atoms with E-state index in [1.165, 1.54) is 0 Å². The smallest absolute Gasteiger partial charge is 1.00 e. The second kappa shape index (κ2) is 8.76. The van der Waals surface area contributed by atoms with Crippen molar-refractivity contribution in [3.8, 4) is 0 Å². The van der Waals surface area contributed by atoms with E-state index in [1.807, 2.05) is 0 Å². The first-order valence-electron chi connectivity index (χ1n) is 0.783. The molecule has 0 aliphatic carbocycles. The monoisotopic (exact) mass is 214 g/mol. The van der Waals surface area contributed by atoms with Crippen LogP contribution in [0.2, 0.25) is 0 Å². The summed E-state index contributed by atoms with van der Waals surface area (Å²) in [6, 6.07) is 0. The Bertz CT molecular complexity index is 66.7. The summed E-state index contributed by atoms with van der Waals surface area (Å²) in [4.78, 5) is 21.6. The zero-order chi connectivity index (χ0) is 4.50. The van der Waals surface area contributed by atoms with Gasteiger partial charge in [-0.15, -0.1) is 0 Å². The average molecular weight is 214 g/mol. The molecule has 0 radical (unpaired) electrons. The van der Waals surface area contributed by atoms with Gasteiger partial charge in [0.15, 0.2) is 0 Å². The third-order valence-electron chi connectivity index (χ3n) is 0. The fourth-order valence-electron chi connectivity index (χ4n) is 0. The molecule has 0 atom stereocenters. The minimum atomic E-state index is -4.64. The normalized spacial score (nSPS) is 7.38. The first-order chi connectivity index (χ1) is 2.00. The van der Waals surface area contributed by atoms with Crippen molar-refractivity contribution in [1.82, 2.24) is 0 Å². The third kappa shape index (κ3) is 115. The Hall–Kier alpha value is 1.76. The Kier molecular flexibility index (Phi) is 24.7. The molecule has 0 unspecified atom stereocenters. The molecule has 8 heteroatoms. The molecule has 0 aromatic heterocycles. The molecule has 3 N–H and O–H groups in total. The SMILES string of the molecule is O=P(O)(O)O.[Cr].[Fe].[H-].[Li+]. The molecular weight excluding hydrogens is 210 g/mol. The van der Waals surface area contributed by atoms with Gasteiger partial charge in [-0.3, -0.25) is 0 Å². The van der Waals surface area contributed by atoms with Crippen molar-refractivity contribution in [2.24, 2.45) is 0 Å². The summed E-state index contributed by atoms with van der Waals surface area (Å²) in [7, 11) is -4.64. The van der Waals surface area contributed by atoms with E-state index >= 15 is 0 Å². The molecule has 0 rings (SSSR count). The van der Waals surface area contributed by atoms with Gasteiger partial charge in [0.1, 0.15) is 0 Å². The fraction of sp³-hybridized carbons (Fsp3) is 0. The van der Waals surface area contributed by atoms with Gasteiger partial charge in [-0.1, -0.05) is 0 Å². The topological polar surface area (TPSA) is 77.8 Å². The van der Waals surface area contributed by atoms with Crippen LogP contribution in [0.1, 0.15) is 1.43 Å². The molecular formula is H4CrFeLiO4P. The van der Waals surface area contributed by atoms with Crippen molar-refractivity contribution < 1.29 is 74.0 Å². The molecule has 8 heavy (non-hydrogen) atoms. The number of hydrogen-bond donors (Lipinski definition) is 3. The van der Waals surface area contributed by atoms with Gasteiger partial charge in [0.2, 0.25) is 0 Å². The van der Waals surface area contributed by atoms with Gasteiger partial charge in [0, 0.05) is 34.4 Å². The number of rotatable bonds is 0. The maximum atomic E-state index is 8.88. The molecule has 4 nitrogen and oxygen atoms in total. The van der Waals surface area contributed by atoms with Crippen molar-refractivity contribution in [3.05, 3.63) is 0 Å². The Morgan fingerprint density at radius 3 is 1.25 bits per heavy atom. The third-order valence-corrected chi connectivity index (χ3v) is 0. The summed E-state index contributed by atoms with van der Waals surface area (Å²) in [6.07, 6.45) is 0. The summed E-state index contributed by atoms with van der Waals surface area (Å²) in [5, 5.41) is 0. The Morgan fingerprint density at radius 2 is 1.25 bits per heavy atom. The average Bonchev–Trinajstić information content (AvgIpc) is 0.722. The van der Waals surface area contributed by atoms with E-state index in [0.29, 0.717) is 0 Å². The van der Waals surface area contributed by atoms with Crippen LogP contribution in [0.3, 0.4) is 0 Å². The molecule has 48 valence electrons. The van der Waals surface area contributed by atoms with Gasteiger partial charge in [-0.05, 0) is 0 Å². The second-order valence-electron chi connectivity index (χ2n) is 0.513. The molecule has 0 bridgehead atoms. The van der Waals surface area contributed by atoms with Crippen molar-refractivity contribution >= 4 is 7.82 Å². The van der Waals surface area contributed by atoms with Crippen molar-refractivity contribution in [3.63, 3.8) is 0 Å². The van der Waals surface area contributed by atoms with E-state index in [4.69, 9.17) is 19.2 Å². The minimum absolute atomic E-state index is 0. The van der Waals surface area contributed by atoms with E-state index in [0.717, 1.165) is 0 Å². The molecule has 0 fully saturated rings. The predicted octanol–water partition coefficient (Wildman–Crippen LogP) is -3.82. The maximum Gasteiger partial charge on any atom is 1.00 e. The first kappa shape index (κ1) is 22.6. The van der Waals surface area contributed by atoms with E-state index in [1.54, 1.807) is 0 Å². The van der Waals surface area contributed by atoms with Gasteiger partial charge in [0.05, 0.1) is 0 Å². The standard InChI is InChI=1S/Cr.Fe.Li.H3O4P.H/c;;;1-5(2,3)4;/h;;;(H3,1,2,3,4);/q;;+1;;-1. The van der Waals surface area contributed by atoms with Crippen molar-refractivity contribution in [1.29, 1.82) is 0 Å². The molecule has 0 spiro atoms. The number of phosphoric acid groups is 1. The van der Waals surface area contributed by atoms with Gasteiger partial charge in [-0.25, -0.2) is 4.57 Å². The Labute approximate surface area is 81.6 Å². The molecule has 0 aliphatic rings. The van der Waals surface area contributed by atoms with Gasteiger partial charge < -0.3 is 16.1 Å². The Balaban J connectivity index is -0.0000000133. The van der Waals surface area contributed by atoms with Crippen molar-refractivity contribution in [2.45, 2.75) is 0 Å². The summed E-state index contributed by atoms with van der Waals surface area (Å²) in [6.45, 7) is 0. The maximum absolute atomic E-state index is 8.88. The van der Waals surface area contributed by atoms with Crippen LogP contribution in [-0.2, 0) is 39.0 Å². The van der Waals surface area contributed by atoms with Crippen LogP contribution in [0.25, 0.3) is 0 Å². The zero-order valence-corrected chi connectivity index (χ0v) is 7.23. The number of hydrogen-bond acceptors (Lipinski definition) is 1. The predicted molar refractivity (Wildman–Crippen MR) is 15.4 cm³/mol. The summed E-state index contributed by atoms with van der Waals surface area (Å²) >= 11 is 0. The van der Waals surface area contributed by atoms with Gasteiger partial charge in [0.25, 0.3) is 0 Å². The minimum Gasteiger partial charge on any atom is -1.00 e. The van der Waals surface area contributed by atoms with Crippen LogP contribution in [0.4, 0.5) is 0 Å². The summed E-state index contributed by atoms with van der Waals surface area (Å²) in [5.74, 6) is 0. The molecule has 0 aliphatic heterocycles. The van der Waals surface area contributed by atoms with E-state index in [-0.39, 0.29) is 54.7 Å². The van der Waals surface area contributed by atoms with Crippen LogP contribution in [0, 0.1) is 0 Å².